The number of aromatic hydroxyl groups is 1. The van der Waals surface area contributed by atoms with E-state index in [1.54, 1.807) is 29.3 Å². The van der Waals surface area contributed by atoms with E-state index in [0.717, 1.165) is 0 Å². The Kier molecular flexibility index (Phi) is 3.29. The molecule has 0 aliphatic heterocycles. The van der Waals surface area contributed by atoms with Gasteiger partial charge in [0, 0.05) is 26.4 Å². The first-order chi connectivity index (χ1) is 6.61. The molecule has 74 valence electrons. The van der Waals surface area contributed by atoms with Crippen molar-refractivity contribution in [2.75, 3.05) is 14.1 Å². The van der Waals surface area contributed by atoms with Crippen molar-refractivity contribution in [3.8, 4) is 5.75 Å². The average Bonchev–Trinajstić information content (AvgIpc) is 2.15. The Labute approximate surface area is 83.3 Å². The van der Waals surface area contributed by atoms with Gasteiger partial charge in [-0.15, -0.1) is 0 Å². The number of allylic oxidation sites excluding steroid dienone is 1. The van der Waals surface area contributed by atoms with Crippen LogP contribution in [0.5, 0.6) is 5.75 Å². The molecule has 0 atom stereocenters. The van der Waals surface area contributed by atoms with Crippen molar-refractivity contribution in [1.82, 2.24) is 4.90 Å². The summed E-state index contributed by atoms with van der Waals surface area (Å²) in [6, 6.07) is 6.49. The van der Waals surface area contributed by atoms with Crippen molar-refractivity contribution in [3.05, 3.63) is 42.1 Å². The first kappa shape index (κ1) is 10.3. The molecule has 0 amide bonds. The lowest BCUT2D eigenvalue weighted by molar-refractivity contribution is 0.104. The van der Waals surface area contributed by atoms with E-state index in [0.29, 0.717) is 5.56 Å². The van der Waals surface area contributed by atoms with Crippen LogP contribution in [0.25, 0.3) is 0 Å². The van der Waals surface area contributed by atoms with Gasteiger partial charge in [-0.2, -0.15) is 0 Å². The second-order valence-electron chi connectivity index (χ2n) is 3.16. The molecule has 0 saturated heterocycles. The Hall–Kier alpha value is -1.77. The SMILES string of the molecule is CN(C)/C=C\C(=O)c1ccccc1O. The highest BCUT2D eigenvalue weighted by Gasteiger charge is 2.05. The zero-order valence-electron chi connectivity index (χ0n) is 8.27. The molecule has 3 nitrogen and oxygen atoms in total. The molecule has 0 heterocycles. The van der Waals surface area contributed by atoms with Crippen LogP contribution >= 0.6 is 0 Å². The van der Waals surface area contributed by atoms with E-state index in [1.807, 2.05) is 14.1 Å². The lowest BCUT2D eigenvalue weighted by Crippen LogP contribution is -2.03. The van der Waals surface area contributed by atoms with Gasteiger partial charge in [0.1, 0.15) is 5.75 Å². The fourth-order valence-electron chi connectivity index (χ4n) is 0.989. The number of phenols is 1. The van der Waals surface area contributed by atoms with Crippen LogP contribution < -0.4 is 0 Å². The minimum Gasteiger partial charge on any atom is -0.507 e. The predicted octanol–water partition coefficient (Wildman–Crippen LogP) is 1.65. The molecule has 0 spiro atoms. The number of benzene rings is 1. The number of ketones is 1. The van der Waals surface area contributed by atoms with Crippen molar-refractivity contribution in [2.45, 2.75) is 0 Å². The second-order valence-corrected chi connectivity index (χ2v) is 3.16. The maximum Gasteiger partial charge on any atom is 0.190 e. The molecule has 0 aromatic heterocycles. The molecule has 0 radical (unpaired) electrons. The number of nitrogens with zero attached hydrogens (tertiary/aromatic N) is 1. The van der Waals surface area contributed by atoms with Crippen LogP contribution in [-0.2, 0) is 0 Å². The number of para-hydroxylation sites is 1. The number of carbonyl (C=O) groups excluding carboxylic acids is 1. The minimum absolute atomic E-state index is 0.0147. The van der Waals surface area contributed by atoms with E-state index >= 15 is 0 Å². The van der Waals surface area contributed by atoms with Crippen LogP contribution in [0, 0.1) is 0 Å². The van der Waals surface area contributed by atoms with Gasteiger partial charge < -0.3 is 10.0 Å². The van der Waals surface area contributed by atoms with E-state index in [2.05, 4.69) is 0 Å². The standard InChI is InChI=1S/C11H13NO2/c1-12(2)8-7-11(14)9-5-3-4-6-10(9)13/h3-8,13H,1-2H3/b8-7-. The van der Waals surface area contributed by atoms with Gasteiger partial charge in [-0.25, -0.2) is 0 Å². The summed E-state index contributed by atoms with van der Waals surface area (Å²) in [6.45, 7) is 0. The van der Waals surface area contributed by atoms with Crippen molar-refractivity contribution >= 4 is 5.78 Å². The lowest BCUT2D eigenvalue weighted by Gasteiger charge is -2.03. The highest BCUT2D eigenvalue weighted by molar-refractivity contribution is 6.06. The lowest BCUT2D eigenvalue weighted by atomic mass is 10.1. The van der Waals surface area contributed by atoms with E-state index in [-0.39, 0.29) is 11.5 Å². The summed E-state index contributed by atoms with van der Waals surface area (Å²) in [4.78, 5) is 13.3. The zero-order chi connectivity index (χ0) is 10.6. The summed E-state index contributed by atoms with van der Waals surface area (Å²) in [5.41, 5.74) is 0.325. The average molecular weight is 191 g/mol. The summed E-state index contributed by atoms with van der Waals surface area (Å²) in [7, 11) is 3.66. The minimum atomic E-state index is -0.197. The molecular weight excluding hydrogens is 178 g/mol. The van der Waals surface area contributed by atoms with Crippen molar-refractivity contribution in [1.29, 1.82) is 0 Å². The van der Waals surface area contributed by atoms with Gasteiger partial charge >= 0.3 is 0 Å². The fourth-order valence-corrected chi connectivity index (χ4v) is 0.989. The number of hydrogen-bond acceptors (Lipinski definition) is 3. The van der Waals surface area contributed by atoms with Crippen LogP contribution in [0.4, 0.5) is 0 Å². The molecule has 1 rings (SSSR count). The molecular formula is C11H13NO2. The summed E-state index contributed by atoms with van der Waals surface area (Å²) in [5.74, 6) is -0.183. The van der Waals surface area contributed by atoms with E-state index in [4.69, 9.17) is 0 Å². The molecule has 1 aromatic carbocycles. The summed E-state index contributed by atoms with van der Waals surface area (Å²) < 4.78 is 0. The maximum atomic E-state index is 11.5. The normalized spacial score (nSPS) is 10.4. The molecule has 1 N–H and O–H groups in total. The van der Waals surface area contributed by atoms with E-state index in [1.165, 1.54) is 12.1 Å². The summed E-state index contributed by atoms with van der Waals surface area (Å²) in [5, 5.41) is 9.38. The third-order valence-electron chi connectivity index (χ3n) is 1.69. The first-order valence-electron chi connectivity index (χ1n) is 4.28. The van der Waals surface area contributed by atoms with Gasteiger partial charge in [0.2, 0.25) is 0 Å². The maximum absolute atomic E-state index is 11.5. The van der Waals surface area contributed by atoms with Crippen LogP contribution in [0.2, 0.25) is 0 Å². The van der Waals surface area contributed by atoms with Crippen LogP contribution in [-0.4, -0.2) is 29.9 Å². The van der Waals surface area contributed by atoms with Crippen LogP contribution in [0.1, 0.15) is 10.4 Å². The first-order valence-corrected chi connectivity index (χ1v) is 4.28. The smallest absolute Gasteiger partial charge is 0.190 e. The number of phenolic OH excluding ortho intramolecular Hbond substituents is 1. The van der Waals surface area contributed by atoms with Gasteiger partial charge in [-0.05, 0) is 12.1 Å². The summed E-state index contributed by atoms with van der Waals surface area (Å²) >= 11 is 0. The predicted molar refractivity (Wildman–Crippen MR) is 55.3 cm³/mol. The van der Waals surface area contributed by atoms with Gasteiger partial charge in [-0.1, -0.05) is 12.1 Å². The van der Waals surface area contributed by atoms with Crippen LogP contribution in [0.15, 0.2) is 36.5 Å². The molecule has 0 bridgehead atoms. The van der Waals surface area contributed by atoms with Gasteiger partial charge in [-0.3, -0.25) is 4.79 Å². The quantitative estimate of drug-likeness (QED) is 0.583. The number of rotatable bonds is 3. The monoisotopic (exact) mass is 191 g/mol. The molecule has 0 aliphatic carbocycles. The highest BCUT2D eigenvalue weighted by atomic mass is 16.3. The van der Waals surface area contributed by atoms with Crippen LogP contribution in [0.3, 0.4) is 0 Å². The van der Waals surface area contributed by atoms with E-state index < -0.39 is 0 Å². The molecule has 0 unspecified atom stereocenters. The largest absolute Gasteiger partial charge is 0.507 e. The van der Waals surface area contributed by atoms with Crippen molar-refractivity contribution in [3.63, 3.8) is 0 Å². The molecule has 3 heteroatoms. The Morgan fingerprint density at radius 2 is 2.00 bits per heavy atom. The Morgan fingerprint density at radius 3 is 2.57 bits per heavy atom. The fraction of sp³-hybridized carbons (Fsp3) is 0.182. The van der Waals surface area contributed by atoms with Gasteiger partial charge in [0.15, 0.2) is 5.78 Å². The van der Waals surface area contributed by atoms with E-state index in [9.17, 15) is 9.90 Å². The third kappa shape index (κ3) is 2.62. The van der Waals surface area contributed by atoms with Crippen molar-refractivity contribution < 1.29 is 9.90 Å². The topological polar surface area (TPSA) is 40.5 Å². The number of carbonyl (C=O) groups is 1. The van der Waals surface area contributed by atoms with Gasteiger partial charge in [0.05, 0.1) is 5.56 Å². The molecule has 0 saturated carbocycles. The second kappa shape index (κ2) is 4.46. The third-order valence-corrected chi connectivity index (χ3v) is 1.69. The Balaban J connectivity index is 2.85. The Morgan fingerprint density at radius 1 is 1.36 bits per heavy atom. The molecule has 0 aliphatic rings. The highest BCUT2D eigenvalue weighted by Crippen LogP contribution is 2.16. The molecule has 1 aromatic rings. The molecule has 0 fully saturated rings. The summed E-state index contributed by atoms with van der Waals surface area (Å²) in [6.07, 6.45) is 3.07. The van der Waals surface area contributed by atoms with Crippen molar-refractivity contribution in [2.24, 2.45) is 0 Å². The zero-order valence-corrected chi connectivity index (χ0v) is 8.27. The van der Waals surface area contributed by atoms with Gasteiger partial charge in [0.25, 0.3) is 0 Å². The molecule has 14 heavy (non-hydrogen) atoms. The number of hydrogen-bond donors (Lipinski definition) is 1. The Bertz CT molecular complexity index is 356.